The Bertz CT molecular complexity index is 1040. The van der Waals surface area contributed by atoms with Crippen molar-refractivity contribution >= 4 is 11.3 Å². The lowest BCUT2D eigenvalue weighted by Gasteiger charge is -2.21. The molecular weight excluding hydrogens is 476 g/mol. The van der Waals surface area contributed by atoms with E-state index in [1.165, 1.54) is 66.8 Å². The first kappa shape index (κ1) is 34.4. The molecule has 0 fully saturated rings. The second kappa shape index (κ2) is 19.4. The van der Waals surface area contributed by atoms with Crippen molar-refractivity contribution < 1.29 is 9.68 Å². The molecule has 3 rings (SSSR count). The fourth-order valence-electron chi connectivity index (χ4n) is 5.20. The summed E-state index contributed by atoms with van der Waals surface area (Å²) in [5, 5.41) is 9.77. The van der Waals surface area contributed by atoms with E-state index in [1.807, 2.05) is 20.8 Å². The molecule has 0 atom stereocenters. The summed E-state index contributed by atoms with van der Waals surface area (Å²) in [6, 6.07) is 10.5. The first-order chi connectivity index (χ1) is 18.8. The molecule has 1 aromatic rings. The van der Waals surface area contributed by atoms with E-state index in [9.17, 15) is 5.11 Å². The second-order valence-electron chi connectivity index (χ2n) is 10.3. The number of hydrogen-bond acceptors (Lipinski definition) is 2. The molecule has 0 spiro atoms. The fourth-order valence-corrected chi connectivity index (χ4v) is 5.20. The Hall–Kier alpha value is -2.65. The van der Waals surface area contributed by atoms with Gasteiger partial charge in [0.25, 0.3) is 0 Å². The van der Waals surface area contributed by atoms with Gasteiger partial charge < -0.3 is 5.11 Å². The summed E-state index contributed by atoms with van der Waals surface area (Å²) in [7, 11) is 0. The number of hydrogen-bond donors (Lipinski definition) is 1. The molecule has 3 nitrogen and oxygen atoms in total. The Labute approximate surface area is 241 Å². The third kappa shape index (κ3) is 11.2. The van der Waals surface area contributed by atoms with Crippen LogP contribution in [0.2, 0.25) is 0 Å². The largest absolute Gasteiger partial charge is 0.511 e. The number of benzene rings is 1. The standard InChI is InChI=1S/C21H29N.C13H21NO.C2H6/c1-4-15-22-16-9-8-11-18(2)21(14-10-17-22)19(3)20-12-6-5-7-13-20;1-5-9-14(6-2)13-10(3)7-8-12(15)11(13)4;1-2/h5-7,10,12-14H,3-4,8-9,11,15-17H2,1-2H3;7H,5-6,8-9H2,1-4H3;1-2H3/p+1/b14-10-,21-18+;;. The van der Waals surface area contributed by atoms with E-state index in [0.717, 1.165) is 37.2 Å². The van der Waals surface area contributed by atoms with Gasteiger partial charge in [-0.15, -0.1) is 0 Å². The molecule has 39 heavy (non-hydrogen) atoms. The summed E-state index contributed by atoms with van der Waals surface area (Å²) in [5.41, 5.74) is 8.73. The van der Waals surface area contributed by atoms with Crippen LogP contribution in [0.4, 0.5) is 0 Å². The zero-order valence-electron chi connectivity index (χ0n) is 26.4. The van der Waals surface area contributed by atoms with Crippen molar-refractivity contribution in [2.75, 3.05) is 32.7 Å². The summed E-state index contributed by atoms with van der Waals surface area (Å²) in [6.07, 6.45) is 13.5. The lowest BCUT2D eigenvalue weighted by molar-refractivity contribution is -0.523. The number of aliphatic hydroxyl groups excluding tert-OH is 1. The maximum absolute atomic E-state index is 9.77. The van der Waals surface area contributed by atoms with E-state index in [4.69, 9.17) is 0 Å². The van der Waals surface area contributed by atoms with Crippen LogP contribution in [0.5, 0.6) is 0 Å². The van der Waals surface area contributed by atoms with E-state index in [2.05, 4.69) is 99.2 Å². The topological polar surface area (TPSA) is 26.5 Å². The van der Waals surface area contributed by atoms with Crippen molar-refractivity contribution in [2.24, 2.45) is 0 Å². The molecule has 0 unspecified atom stereocenters. The Morgan fingerprint density at radius 1 is 1.00 bits per heavy atom. The van der Waals surface area contributed by atoms with Gasteiger partial charge in [-0.3, -0.25) is 4.90 Å². The molecule has 0 bridgehead atoms. The van der Waals surface area contributed by atoms with E-state index < -0.39 is 0 Å². The molecule has 0 amide bonds. The van der Waals surface area contributed by atoms with Gasteiger partial charge in [0.05, 0.1) is 5.57 Å². The summed E-state index contributed by atoms with van der Waals surface area (Å²) in [4.78, 5) is 2.56. The van der Waals surface area contributed by atoms with Gasteiger partial charge in [0, 0.05) is 25.0 Å². The van der Waals surface area contributed by atoms with Crippen LogP contribution < -0.4 is 0 Å². The van der Waals surface area contributed by atoms with E-state index >= 15 is 0 Å². The van der Waals surface area contributed by atoms with Crippen LogP contribution in [0.15, 0.2) is 83.2 Å². The highest BCUT2D eigenvalue weighted by Gasteiger charge is 2.23. The first-order valence-corrected chi connectivity index (χ1v) is 15.3. The maximum Gasteiger partial charge on any atom is 0.208 e. The lowest BCUT2D eigenvalue weighted by atomic mass is 9.92. The molecule has 0 saturated heterocycles. The minimum Gasteiger partial charge on any atom is -0.511 e. The zero-order chi connectivity index (χ0) is 29.2. The fraction of sp³-hybridized carbons (Fsp3) is 0.528. The van der Waals surface area contributed by atoms with Crippen LogP contribution in [-0.4, -0.2) is 53.0 Å². The SMILES string of the molecule is C=C(C1=C(\C)CCCCN(CCC)C/C=C\1)c1ccccc1.CC.CCC[N+](CC)=C1C(C)=CCC(O)=C1C. The highest BCUT2D eigenvalue weighted by molar-refractivity contribution is 6.09. The van der Waals surface area contributed by atoms with Gasteiger partial charge in [0.1, 0.15) is 18.8 Å². The Morgan fingerprint density at radius 3 is 2.31 bits per heavy atom. The molecule has 1 heterocycles. The quantitative estimate of drug-likeness (QED) is 0.353. The summed E-state index contributed by atoms with van der Waals surface area (Å²) in [6.45, 7) is 26.9. The first-order valence-electron chi connectivity index (χ1n) is 15.3. The molecule has 1 aliphatic heterocycles. The molecule has 0 radical (unpaired) electrons. The van der Waals surface area contributed by atoms with Crippen LogP contribution in [0.3, 0.4) is 0 Å². The molecule has 3 heteroatoms. The van der Waals surface area contributed by atoms with Gasteiger partial charge in [-0.2, -0.15) is 0 Å². The van der Waals surface area contributed by atoms with Crippen LogP contribution in [0.25, 0.3) is 5.57 Å². The molecule has 1 N–H and O–H groups in total. The monoisotopic (exact) mass is 533 g/mol. The predicted molar refractivity (Wildman–Crippen MR) is 174 cm³/mol. The zero-order valence-corrected chi connectivity index (χ0v) is 26.4. The molecule has 2 aliphatic rings. The van der Waals surface area contributed by atoms with Gasteiger partial charge >= 0.3 is 0 Å². The highest BCUT2D eigenvalue weighted by atomic mass is 16.3. The van der Waals surface area contributed by atoms with Gasteiger partial charge in [-0.05, 0) is 83.2 Å². The van der Waals surface area contributed by atoms with Crippen molar-refractivity contribution in [2.45, 2.75) is 93.9 Å². The van der Waals surface area contributed by atoms with Crippen LogP contribution >= 0.6 is 0 Å². The molecule has 0 aromatic heterocycles. The molecule has 216 valence electrons. The third-order valence-electron chi connectivity index (χ3n) is 7.33. The number of aliphatic hydroxyl groups is 1. The number of nitrogens with zero attached hydrogens (tertiary/aromatic N) is 2. The van der Waals surface area contributed by atoms with Gasteiger partial charge in [0.2, 0.25) is 5.71 Å². The maximum atomic E-state index is 9.77. The third-order valence-corrected chi connectivity index (χ3v) is 7.33. The van der Waals surface area contributed by atoms with E-state index in [-0.39, 0.29) is 0 Å². The van der Waals surface area contributed by atoms with E-state index in [1.54, 1.807) is 0 Å². The van der Waals surface area contributed by atoms with Crippen molar-refractivity contribution in [1.29, 1.82) is 0 Å². The summed E-state index contributed by atoms with van der Waals surface area (Å²) in [5.74, 6) is 0.519. The average molecular weight is 534 g/mol. The normalized spacial score (nSPS) is 20.6. The average Bonchev–Trinajstić information content (AvgIpc) is 2.96. The predicted octanol–water partition coefficient (Wildman–Crippen LogP) is 9.55. The van der Waals surface area contributed by atoms with Crippen LogP contribution in [0, 0.1) is 0 Å². The second-order valence-corrected chi connectivity index (χ2v) is 10.3. The molecule has 1 aliphatic carbocycles. The summed E-state index contributed by atoms with van der Waals surface area (Å²) < 4.78 is 2.34. The molecule has 0 saturated carbocycles. The molecular formula is C36H57N2O+. The smallest absolute Gasteiger partial charge is 0.208 e. The van der Waals surface area contributed by atoms with Crippen molar-refractivity contribution in [3.05, 3.63) is 88.8 Å². The van der Waals surface area contributed by atoms with Crippen LogP contribution in [0.1, 0.15) is 99.5 Å². The van der Waals surface area contributed by atoms with Crippen molar-refractivity contribution in [3.63, 3.8) is 0 Å². The Balaban J connectivity index is 0.000000391. The van der Waals surface area contributed by atoms with Gasteiger partial charge in [0.15, 0.2) is 0 Å². The molecule has 1 aromatic carbocycles. The number of rotatable bonds is 7. The minimum absolute atomic E-state index is 0.519. The Kier molecular flexibility index (Phi) is 17.1. The van der Waals surface area contributed by atoms with Gasteiger partial charge in [-0.1, -0.05) is 88.4 Å². The lowest BCUT2D eigenvalue weighted by Crippen LogP contribution is -2.26. The highest BCUT2D eigenvalue weighted by Crippen LogP contribution is 2.28. The van der Waals surface area contributed by atoms with Crippen LogP contribution in [-0.2, 0) is 0 Å². The minimum atomic E-state index is 0.519. The van der Waals surface area contributed by atoms with Gasteiger partial charge in [-0.25, -0.2) is 4.58 Å². The Morgan fingerprint density at radius 2 is 1.69 bits per heavy atom. The van der Waals surface area contributed by atoms with Crippen molar-refractivity contribution in [1.82, 2.24) is 4.90 Å². The van der Waals surface area contributed by atoms with E-state index in [0.29, 0.717) is 12.2 Å². The van der Waals surface area contributed by atoms with Crippen molar-refractivity contribution in [3.8, 4) is 0 Å². The summed E-state index contributed by atoms with van der Waals surface area (Å²) >= 11 is 0. The number of allylic oxidation sites excluding steroid dienone is 7.